The van der Waals surface area contributed by atoms with E-state index in [4.69, 9.17) is 4.74 Å². The second-order valence-corrected chi connectivity index (χ2v) is 6.31. The number of hydrogen-bond acceptors (Lipinski definition) is 4. The Hall–Kier alpha value is -2.21. The molecule has 2 saturated heterocycles. The first-order valence-corrected chi connectivity index (χ1v) is 8.60. The molecule has 1 aromatic rings. The number of likely N-dealkylation sites (tertiary alicyclic amines) is 1. The summed E-state index contributed by atoms with van der Waals surface area (Å²) in [5.41, 5.74) is 0.940. The third-order valence-electron chi connectivity index (χ3n) is 4.77. The standard InChI is InChI=1S/C18H22N2O4/c1-2-24-18(23)13-6-8-14(9-7-13)20-16(21)12-15(17(20)22)19-10-4-3-5-11-19/h6-9,15H,2-5,10-12H2,1H3/p+1/t15-/m0/s1. The fourth-order valence-electron chi connectivity index (χ4n) is 3.54. The van der Waals surface area contributed by atoms with Gasteiger partial charge >= 0.3 is 5.97 Å². The number of piperidine rings is 1. The van der Waals surface area contributed by atoms with Crippen LogP contribution in [0.25, 0.3) is 0 Å². The zero-order valence-corrected chi connectivity index (χ0v) is 13.9. The van der Waals surface area contributed by atoms with Gasteiger partial charge in [0.05, 0.1) is 37.4 Å². The predicted molar refractivity (Wildman–Crippen MR) is 87.8 cm³/mol. The quantitative estimate of drug-likeness (QED) is 0.647. The van der Waals surface area contributed by atoms with Gasteiger partial charge in [0.25, 0.3) is 5.91 Å². The second kappa shape index (κ2) is 7.13. The number of rotatable bonds is 4. The van der Waals surface area contributed by atoms with Crippen LogP contribution in [0.15, 0.2) is 24.3 Å². The van der Waals surface area contributed by atoms with Gasteiger partial charge in [0.2, 0.25) is 5.91 Å². The van der Waals surface area contributed by atoms with Crippen LogP contribution in [0.4, 0.5) is 5.69 Å². The van der Waals surface area contributed by atoms with Crippen LogP contribution in [0.3, 0.4) is 0 Å². The minimum atomic E-state index is -0.404. The number of quaternary nitrogens is 1. The Morgan fingerprint density at radius 1 is 1.17 bits per heavy atom. The summed E-state index contributed by atoms with van der Waals surface area (Å²) in [5, 5.41) is 0. The molecule has 1 aromatic carbocycles. The summed E-state index contributed by atoms with van der Waals surface area (Å²) in [6.45, 7) is 3.97. The van der Waals surface area contributed by atoms with Crippen LogP contribution in [0.5, 0.6) is 0 Å². The number of anilines is 1. The van der Waals surface area contributed by atoms with E-state index in [2.05, 4.69) is 0 Å². The molecule has 0 radical (unpaired) electrons. The Kier molecular flexibility index (Phi) is 4.94. The lowest BCUT2D eigenvalue weighted by Crippen LogP contribution is -3.17. The van der Waals surface area contributed by atoms with E-state index in [-0.39, 0.29) is 24.3 Å². The molecule has 0 saturated carbocycles. The van der Waals surface area contributed by atoms with Gasteiger partial charge in [-0.15, -0.1) is 0 Å². The number of hydrogen-bond donors (Lipinski definition) is 1. The van der Waals surface area contributed by atoms with Crippen molar-refractivity contribution in [2.45, 2.75) is 38.6 Å². The highest BCUT2D eigenvalue weighted by Crippen LogP contribution is 2.23. The Bertz CT molecular complexity index is 635. The molecular formula is C18H23N2O4+. The van der Waals surface area contributed by atoms with Gasteiger partial charge in [-0.25, -0.2) is 9.69 Å². The topological polar surface area (TPSA) is 68.1 Å². The van der Waals surface area contributed by atoms with Crippen LogP contribution >= 0.6 is 0 Å². The summed E-state index contributed by atoms with van der Waals surface area (Å²) in [6.07, 6.45) is 3.70. The number of amides is 2. The van der Waals surface area contributed by atoms with E-state index in [9.17, 15) is 14.4 Å². The third kappa shape index (κ3) is 3.19. The number of benzene rings is 1. The smallest absolute Gasteiger partial charge is 0.338 e. The monoisotopic (exact) mass is 331 g/mol. The van der Waals surface area contributed by atoms with Crippen molar-refractivity contribution in [3.8, 4) is 0 Å². The van der Waals surface area contributed by atoms with Gasteiger partial charge in [0.15, 0.2) is 6.04 Å². The van der Waals surface area contributed by atoms with Crippen molar-refractivity contribution in [2.24, 2.45) is 0 Å². The van der Waals surface area contributed by atoms with E-state index in [1.54, 1.807) is 31.2 Å². The number of esters is 1. The second-order valence-electron chi connectivity index (χ2n) is 6.31. The maximum Gasteiger partial charge on any atom is 0.338 e. The molecule has 128 valence electrons. The molecule has 1 N–H and O–H groups in total. The Balaban J connectivity index is 1.75. The first kappa shape index (κ1) is 16.6. The van der Waals surface area contributed by atoms with Crippen LogP contribution < -0.4 is 9.80 Å². The van der Waals surface area contributed by atoms with Gasteiger partial charge in [-0.2, -0.15) is 0 Å². The van der Waals surface area contributed by atoms with Crippen molar-refractivity contribution in [3.05, 3.63) is 29.8 Å². The van der Waals surface area contributed by atoms with Crippen molar-refractivity contribution < 1.29 is 24.0 Å². The molecule has 1 atom stereocenters. The largest absolute Gasteiger partial charge is 0.462 e. The van der Waals surface area contributed by atoms with Gasteiger partial charge < -0.3 is 9.64 Å². The zero-order chi connectivity index (χ0) is 17.1. The van der Waals surface area contributed by atoms with Gasteiger partial charge in [-0.3, -0.25) is 9.59 Å². The molecule has 2 heterocycles. The highest BCUT2D eigenvalue weighted by molar-refractivity contribution is 6.21. The van der Waals surface area contributed by atoms with Gasteiger partial charge in [-0.05, 0) is 50.5 Å². The summed E-state index contributed by atoms with van der Waals surface area (Å²) >= 11 is 0. The van der Waals surface area contributed by atoms with Gasteiger partial charge in [0.1, 0.15) is 0 Å². The zero-order valence-electron chi connectivity index (χ0n) is 13.9. The van der Waals surface area contributed by atoms with Crippen molar-refractivity contribution >= 4 is 23.5 Å². The number of nitrogens with one attached hydrogen (secondary N) is 1. The van der Waals surface area contributed by atoms with Gasteiger partial charge in [0, 0.05) is 0 Å². The number of carbonyl (C=O) groups excluding carboxylic acids is 3. The maximum absolute atomic E-state index is 12.7. The number of carbonyl (C=O) groups is 3. The fraction of sp³-hybridized carbons (Fsp3) is 0.500. The van der Waals surface area contributed by atoms with Crippen molar-refractivity contribution in [1.29, 1.82) is 0 Å². The number of nitrogens with zero attached hydrogens (tertiary/aromatic N) is 1. The van der Waals surface area contributed by atoms with Crippen LogP contribution in [0, 0.1) is 0 Å². The fourth-order valence-corrected chi connectivity index (χ4v) is 3.54. The molecule has 24 heavy (non-hydrogen) atoms. The Labute approximate surface area is 141 Å². The summed E-state index contributed by atoms with van der Waals surface area (Å²) in [5.74, 6) is -0.688. The molecule has 3 rings (SSSR count). The molecule has 0 aromatic heterocycles. The maximum atomic E-state index is 12.7. The minimum Gasteiger partial charge on any atom is -0.462 e. The van der Waals surface area contributed by atoms with Crippen molar-refractivity contribution in [1.82, 2.24) is 0 Å². The van der Waals surface area contributed by atoms with E-state index >= 15 is 0 Å². The summed E-state index contributed by atoms with van der Waals surface area (Å²) in [7, 11) is 0. The molecule has 6 nitrogen and oxygen atoms in total. The van der Waals surface area contributed by atoms with Crippen LogP contribution in [0.1, 0.15) is 43.0 Å². The van der Waals surface area contributed by atoms with E-state index in [0.29, 0.717) is 17.9 Å². The molecule has 6 heteroatoms. The molecule has 2 amide bonds. The number of imide groups is 1. The third-order valence-corrected chi connectivity index (χ3v) is 4.77. The highest BCUT2D eigenvalue weighted by atomic mass is 16.5. The molecule has 2 aliphatic rings. The first-order chi connectivity index (χ1) is 11.6. The summed E-state index contributed by atoms with van der Waals surface area (Å²) in [4.78, 5) is 39.3. The van der Waals surface area contributed by atoms with E-state index in [0.717, 1.165) is 25.9 Å². The molecule has 2 fully saturated rings. The summed E-state index contributed by atoms with van der Waals surface area (Å²) in [6, 6.07) is 6.19. The molecule has 0 aliphatic carbocycles. The normalized spacial score (nSPS) is 22.0. The van der Waals surface area contributed by atoms with E-state index in [1.807, 2.05) is 0 Å². The lowest BCUT2D eigenvalue weighted by atomic mass is 10.1. The minimum absolute atomic E-state index is 0.124. The molecule has 0 unspecified atom stereocenters. The lowest BCUT2D eigenvalue weighted by Gasteiger charge is -2.27. The van der Waals surface area contributed by atoms with Crippen molar-refractivity contribution in [3.63, 3.8) is 0 Å². The molecule has 0 bridgehead atoms. The SMILES string of the molecule is CCOC(=O)c1ccc(N2C(=O)C[C@H]([NH+]3CCCCC3)C2=O)cc1. The van der Waals surface area contributed by atoms with Crippen LogP contribution in [0.2, 0.25) is 0 Å². The summed E-state index contributed by atoms with van der Waals surface area (Å²) < 4.78 is 4.94. The number of ether oxygens (including phenoxy) is 1. The van der Waals surface area contributed by atoms with Crippen LogP contribution in [-0.2, 0) is 14.3 Å². The average molecular weight is 331 g/mol. The van der Waals surface area contributed by atoms with Gasteiger partial charge in [-0.1, -0.05) is 0 Å². The van der Waals surface area contributed by atoms with Crippen LogP contribution in [-0.4, -0.2) is 43.5 Å². The predicted octanol–water partition coefficient (Wildman–Crippen LogP) is 0.564. The average Bonchev–Trinajstić information content (AvgIpc) is 2.90. The van der Waals surface area contributed by atoms with Crippen molar-refractivity contribution in [2.75, 3.05) is 24.6 Å². The highest BCUT2D eigenvalue weighted by Gasteiger charge is 2.45. The van der Waals surface area contributed by atoms with E-state index < -0.39 is 5.97 Å². The molecule has 0 spiro atoms. The Morgan fingerprint density at radius 2 is 1.83 bits per heavy atom. The Morgan fingerprint density at radius 3 is 2.46 bits per heavy atom. The first-order valence-electron chi connectivity index (χ1n) is 8.60. The molecule has 2 aliphatic heterocycles. The molecular weight excluding hydrogens is 308 g/mol. The van der Waals surface area contributed by atoms with E-state index in [1.165, 1.54) is 16.2 Å². The lowest BCUT2D eigenvalue weighted by molar-refractivity contribution is -0.919.